The molecule has 1 saturated heterocycles. The van der Waals surface area contributed by atoms with Crippen molar-refractivity contribution in [1.82, 2.24) is 15.1 Å². The minimum atomic E-state index is 0.127. The molecule has 1 saturated carbocycles. The molecular formula is C21H33N3O2S. The highest BCUT2D eigenvalue weighted by atomic mass is 32.2. The number of rotatable bonds is 7. The van der Waals surface area contributed by atoms with Crippen LogP contribution in [-0.2, 0) is 4.79 Å². The molecule has 2 aliphatic rings. The molecule has 2 fully saturated rings. The van der Waals surface area contributed by atoms with Gasteiger partial charge in [0.25, 0.3) is 0 Å². The molecule has 0 unspecified atom stereocenters. The summed E-state index contributed by atoms with van der Waals surface area (Å²) < 4.78 is 5.25. The highest BCUT2D eigenvalue weighted by molar-refractivity contribution is 8.00. The van der Waals surface area contributed by atoms with Gasteiger partial charge >= 0.3 is 0 Å². The third kappa shape index (κ3) is 5.62. The number of ether oxygens (including phenoxy) is 1. The molecule has 0 spiro atoms. The number of amides is 1. The number of likely N-dealkylation sites (N-methyl/N-ethyl adjacent to an activating group) is 1. The minimum absolute atomic E-state index is 0.127. The first-order valence-corrected chi connectivity index (χ1v) is 11.1. The Balaban J connectivity index is 1.52. The van der Waals surface area contributed by atoms with Gasteiger partial charge in [0.2, 0.25) is 5.91 Å². The summed E-state index contributed by atoms with van der Waals surface area (Å²) in [6, 6.07) is 7.88. The van der Waals surface area contributed by atoms with Gasteiger partial charge in [-0.2, -0.15) is 0 Å². The van der Waals surface area contributed by atoms with Crippen molar-refractivity contribution in [3.8, 4) is 5.75 Å². The van der Waals surface area contributed by atoms with Gasteiger partial charge in [-0.15, -0.1) is 11.8 Å². The maximum absolute atomic E-state index is 12.5. The molecule has 1 aromatic carbocycles. The number of piperazine rings is 1. The van der Waals surface area contributed by atoms with E-state index >= 15 is 0 Å². The molecule has 150 valence electrons. The third-order valence-corrected chi connectivity index (χ3v) is 6.98. The van der Waals surface area contributed by atoms with E-state index in [9.17, 15) is 4.79 Å². The maximum atomic E-state index is 12.5. The van der Waals surface area contributed by atoms with Gasteiger partial charge in [0, 0.05) is 43.2 Å². The number of hydrogen-bond donors (Lipinski definition) is 1. The summed E-state index contributed by atoms with van der Waals surface area (Å²) in [5.74, 6) is 1.41. The second-order valence-electron chi connectivity index (χ2n) is 7.82. The Labute approximate surface area is 167 Å². The lowest BCUT2D eigenvalue weighted by Crippen LogP contribution is -2.61. The summed E-state index contributed by atoms with van der Waals surface area (Å²) >= 11 is 1.57. The average molecular weight is 392 g/mol. The van der Waals surface area contributed by atoms with E-state index in [0.29, 0.717) is 5.75 Å². The first kappa shape index (κ1) is 20.5. The lowest BCUT2D eigenvalue weighted by Gasteiger charge is -2.49. The second-order valence-corrected chi connectivity index (χ2v) is 8.87. The fraction of sp³-hybridized carbons (Fsp3) is 0.667. The van der Waals surface area contributed by atoms with Crippen LogP contribution in [0.4, 0.5) is 0 Å². The molecule has 0 radical (unpaired) electrons. The molecule has 3 rings (SSSR count). The Morgan fingerprint density at radius 3 is 2.63 bits per heavy atom. The minimum Gasteiger partial charge on any atom is -0.497 e. The van der Waals surface area contributed by atoms with Crippen LogP contribution < -0.4 is 10.1 Å². The molecule has 5 nitrogen and oxygen atoms in total. The predicted molar refractivity (Wildman–Crippen MR) is 112 cm³/mol. The lowest BCUT2D eigenvalue weighted by molar-refractivity contribution is -0.119. The fourth-order valence-corrected chi connectivity index (χ4v) is 5.02. The molecule has 27 heavy (non-hydrogen) atoms. The summed E-state index contributed by atoms with van der Waals surface area (Å²) in [4.78, 5) is 18.6. The smallest absolute Gasteiger partial charge is 0.230 e. The summed E-state index contributed by atoms with van der Waals surface area (Å²) in [7, 11) is 3.86. The van der Waals surface area contributed by atoms with Gasteiger partial charge in [0.1, 0.15) is 5.75 Å². The Bertz CT molecular complexity index is 611. The second kappa shape index (κ2) is 9.80. The fourth-order valence-electron chi connectivity index (χ4n) is 4.25. The lowest BCUT2D eigenvalue weighted by atomic mass is 9.79. The third-order valence-electron chi connectivity index (χ3n) is 5.98. The number of thioether (sulfide) groups is 1. The largest absolute Gasteiger partial charge is 0.497 e. The predicted octanol–water partition coefficient (Wildman–Crippen LogP) is 2.85. The molecule has 1 aromatic rings. The van der Waals surface area contributed by atoms with Crippen LogP contribution in [-0.4, -0.2) is 73.9 Å². The zero-order valence-electron chi connectivity index (χ0n) is 16.7. The first-order chi connectivity index (χ1) is 13.1. The molecular weight excluding hydrogens is 358 g/mol. The molecule has 1 amide bonds. The SMILES string of the molecule is COc1cccc(SCC(=O)NCC2(N3CCN(C)CC3)CCCCC2)c1. The Morgan fingerprint density at radius 2 is 1.93 bits per heavy atom. The van der Waals surface area contributed by atoms with Crippen molar-refractivity contribution < 1.29 is 9.53 Å². The normalized spacial score (nSPS) is 21.0. The number of nitrogens with zero attached hydrogens (tertiary/aromatic N) is 2. The van der Waals surface area contributed by atoms with Crippen molar-refractivity contribution in [2.45, 2.75) is 42.5 Å². The van der Waals surface area contributed by atoms with Crippen molar-refractivity contribution >= 4 is 17.7 Å². The monoisotopic (exact) mass is 391 g/mol. The van der Waals surface area contributed by atoms with Crippen molar-refractivity contribution in [3.05, 3.63) is 24.3 Å². The van der Waals surface area contributed by atoms with Gasteiger partial charge in [0.05, 0.1) is 12.9 Å². The quantitative estimate of drug-likeness (QED) is 0.724. The summed E-state index contributed by atoms with van der Waals surface area (Å²) in [5, 5.41) is 3.25. The van der Waals surface area contributed by atoms with Gasteiger partial charge in [-0.05, 0) is 38.1 Å². The van der Waals surface area contributed by atoms with Crippen molar-refractivity contribution in [1.29, 1.82) is 0 Å². The molecule has 1 aliphatic heterocycles. The standard InChI is InChI=1S/C21H33N3O2S/c1-23-11-13-24(14-12-23)21(9-4-3-5-10-21)17-22-20(25)16-27-19-8-6-7-18(15-19)26-2/h6-8,15H,3-5,9-14,16-17H2,1-2H3,(H,22,25). The van der Waals surface area contributed by atoms with Crippen LogP contribution in [0.5, 0.6) is 5.75 Å². The van der Waals surface area contributed by atoms with Crippen LogP contribution >= 0.6 is 11.8 Å². The molecule has 0 bridgehead atoms. The van der Waals surface area contributed by atoms with Crippen LogP contribution in [0, 0.1) is 0 Å². The van der Waals surface area contributed by atoms with Gasteiger partial charge < -0.3 is 15.0 Å². The number of nitrogens with one attached hydrogen (secondary N) is 1. The Kier molecular flexibility index (Phi) is 7.44. The molecule has 1 aliphatic carbocycles. The number of hydrogen-bond acceptors (Lipinski definition) is 5. The van der Waals surface area contributed by atoms with Crippen LogP contribution in [0.15, 0.2) is 29.2 Å². The van der Waals surface area contributed by atoms with E-state index in [1.54, 1.807) is 18.9 Å². The molecule has 0 atom stereocenters. The molecule has 1 heterocycles. The first-order valence-electron chi connectivity index (χ1n) is 10.1. The molecule has 0 aromatic heterocycles. The maximum Gasteiger partial charge on any atom is 0.230 e. The van der Waals surface area contributed by atoms with Crippen LogP contribution in [0.1, 0.15) is 32.1 Å². The topological polar surface area (TPSA) is 44.8 Å². The van der Waals surface area contributed by atoms with E-state index in [4.69, 9.17) is 4.74 Å². The van der Waals surface area contributed by atoms with E-state index in [1.807, 2.05) is 24.3 Å². The Morgan fingerprint density at radius 1 is 1.19 bits per heavy atom. The van der Waals surface area contributed by atoms with Crippen LogP contribution in [0.2, 0.25) is 0 Å². The van der Waals surface area contributed by atoms with Crippen molar-refractivity contribution in [2.75, 3.05) is 52.6 Å². The van der Waals surface area contributed by atoms with Crippen molar-refractivity contribution in [2.24, 2.45) is 0 Å². The number of carbonyl (C=O) groups excluding carboxylic acids is 1. The van der Waals surface area contributed by atoms with Crippen molar-refractivity contribution in [3.63, 3.8) is 0 Å². The number of benzene rings is 1. The zero-order chi connectivity index (χ0) is 19.1. The number of carbonyl (C=O) groups is 1. The van der Waals surface area contributed by atoms with Crippen LogP contribution in [0.3, 0.4) is 0 Å². The van der Waals surface area contributed by atoms with Gasteiger partial charge in [-0.3, -0.25) is 9.69 Å². The van der Waals surface area contributed by atoms with E-state index < -0.39 is 0 Å². The summed E-state index contributed by atoms with van der Waals surface area (Å²) in [5.41, 5.74) is 0.163. The number of methoxy groups -OCH3 is 1. The summed E-state index contributed by atoms with van der Waals surface area (Å²) in [6.45, 7) is 5.27. The highest BCUT2D eigenvalue weighted by Gasteiger charge is 2.39. The van der Waals surface area contributed by atoms with E-state index in [1.165, 1.54) is 32.1 Å². The molecule has 1 N–H and O–H groups in total. The Hall–Kier alpha value is -1.24. The van der Waals surface area contributed by atoms with Crippen LogP contribution in [0.25, 0.3) is 0 Å². The van der Waals surface area contributed by atoms with E-state index in [0.717, 1.165) is 43.4 Å². The van der Waals surface area contributed by atoms with E-state index in [-0.39, 0.29) is 11.4 Å². The van der Waals surface area contributed by atoms with Gasteiger partial charge in [-0.1, -0.05) is 25.3 Å². The summed E-state index contributed by atoms with van der Waals surface area (Å²) in [6.07, 6.45) is 6.30. The average Bonchev–Trinajstić information content (AvgIpc) is 2.72. The van der Waals surface area contributed by atoms with E-state index in [2.05, 4.69) is 22.2 Å². The molecule has 6 heteroatoms. The highest BCUT2D eigenvalue weighted by Crippen LogP contribution is 2.34. The van der Waals surface area contributed by atoms with Gasteiger partial charge in [-0.25, -0.2) is 0 Å². The zero-order valence-corrected chi connectivity index (χ0v) is 17.5. The van der Waals surface area contributed by atoms with Gasteiger partial charge in [0.15, 0.2) is 0 Å².